The predicted molar refractivity (Wildman–Crippen MR) is 81.7 cm³/mol. The Morgan fingerprint density at radius 2 is 2.23 bits per heavy atom. The summed E-state index contributed by atoms with van der Waals surface area (Å²) in [5.74, 6) is 0.495. The van der Waals surface area contributed by atoms with E-state index in [1.807, 2.05) is 31.2 Å². The van der Waals surface area contributed by atoms with Crippen molar-refractivity contribution in [2.45, 2.75) is 26.8 Å². The SMILES string of the molecule is CCOC(=O)c1nnn(CCCOc2cccc(C)c2)c1N. The first-order valence-corrected chi connectivity index (χ1v) is 7.17. The minimum Gasteiger partial charge on any atom is -0.494 e. The minimum atomic E-state index is -0.553. The van der Waals surface area contributed by atoms with Crippen molar-refractivity contribution in [1.29, 1.82) is 0 Å². The number of aromatic nitrogens is 3. The van der Waals surface area contributed by atoms with Crippen molar-refractivity contribution in [3.8, 4) is 5.75 Å². The monoisotopic (exact) mass is 304 g/mol. The Bertz CT molecular complexity index is 639. The average Bonchev–Trinajstić information content (AvgIpc) is 2.85. The zero-order valence-corrected chi connectivity index (χ0v) is 12.8. The average molecular weight is 304 g/mol. The largest absolute Gasteiger partial charge is 0.494 e. The molecule has 2 N–H and O–H groups in total. The van der Waals surface area contributed by atoms with Crippen LogP contribution >= 0.6 is 0 Å². The molecule has 0 bridgehead atoms. The second-order valence-corrected chi connectivity index (χ2v) is 4.79. The van der Waals surface area contributed by atoms with Gasteiger partial charge in [0.1, 0.15) is 5.75 Å². The van der Waals surface area contributed by atoms with Gasteiger partial charge >= 0.3 is 5.97 Å². The zero-order valence-electron chi connectivity index (χ0n) is 12.8. The molecule has 1 aromatic heterocycles. The lowest BCUT2D eigenvalue weighted by Crippen LogP contribution is -2.11. The second kappa shape index (κ2) is 7.44. The smallest absolute Gasteiger partial charge is 0.362 e. The van der Waals surface area contributed by atoms with Crippen molar-refractivity contribution in [3.63, 3.8) is 0 Å². The van der Waals surface area contributed by atoms with Gasteiger partial charge < -0.3 is 15.2 Å². The number of nitrogens with two attached hydrogens (primary N) is 1. The van der Waals surface area contributed by atoms with Crippen LogP contribution in [0.15, 0.2) is 24.3 Å². The van der Waals surface area contributed by atoms with E-state index >= 15 is 0 Å². The van der Waals surface area contributed by atoms with E-state index in [2.05, 4.69) is 10.3 Å². The molecule has 22 heavy (non-hydrogen) atoms. The molecule has 0 radical (unpaired) electrons. The third-order valence-electron chi connectivity index (χ3n) is 3.01. The third kappa shape index (κ3) is 3.97. The molecular weight excluding hydrogens is 284 g/mol. The lowest BCUT2D eigenvalue weighted by Gasteiger charge is -2.07. The maximum Gasteiger partial charge on any atom is 0.362 e. The summed E-state index contributed by atoms with van der Waals surface area (Å²) in [5, 5.41) is 7.62. The van der Waals surface area contributed by atoms with Gasteiger partial charge in [-0.05, 0) is 31.5 Å². The van der Waals surface area contributed by atoms with Crippen LogP contribution in [0, 0.1) is 6.92 Å². The minimum absolute atomic E-state index is 0.0569. The van der Waals surface area contributed by atoms with E-state index in [1.165, 1.54) is 4.68 Å². The number of nitrogens with zero attached hydrogens (tertiary/aromatic N) is 3. The highest BCUT2D eigenvalue weighted by molar-refractivity contribution is 5.91. The molecule has 118 valence electrons. The molecule has 0 saturated carbocycles. The number of hydrogen-bond acceptors (Lipinski definition) is 6. The van der Waals surface area contributed by atoms with Crippen LogP contribution in [0.5, 0.6) is 5.75 Å². The van der Waals surface area contributed by atoms with Gasteiger partial charge in [0.05, 0.1) is 13.2 Å². The summed E-state index contributed by atoms with van der Waals surface area (Å²) in [4.78, 5) is 11.6. The molecule has 0 fully saturated rings. The first kappa shape index (κ1) is 15.8. The summed E-state index contributed by atoms with van der Waals surface area (Å²) in [6, 6.07) is 7.85. The van der Waals surface area contributed by atoms with Crippen molar-refractivity contribution >= 4 is 11.8 Å². The Labute approximate surface area is 129 Å². The van der Waals surface area contributed by atoms with Crippen molar-refractivity contribution in [3.05, 3.63) is 35.5 Å². The fourth-order valence-corrected chi connectivity index (χ4v) is 1.94. The van der Waals surface area contributed by atoms with Gasteiger partial charge in [-0.2, -0.15) is 0 Å². The fourth-order valence-electron chi connectivity index (χ4n) is 1.94. The maximum atomic E-state index is 11.6. The van der Waals surface area contributed by atoms with E-state index in [0.717, 1.165) is 11.3 Å². The molecular formula is C15H20N4O3. The topological polar surface area (TPSA) is 92.3 Å². The molecule has 7 nitrogen and oxygen atoms in total. The first-order valence-electron chi connectivity index (χ1n) is 7.17. The summed E-state index contributed by atoms with van der Waals surface area (Å²) >= 11 is 0. The molecule has 0 aliphatic carbocycles. The molecule has 2 aromatic rings. The summed E-state index contributed by atoms with van der Waals surface area (Å²) in [6.45, 7) is 5.05. The van der Waals surface area contributed by atoms with Gasteiger partial charge in [0, 0.05) is 13.0 Å². The van der Waals surface area contributed by atoms with Crippen LogP contribution in [0.2, 0.25) is 0 Å². The number of esters is 1. The van der Waals surface area contributed by atoms with Crippen LogP contribution < -0.4 is 10.5 Å². The molecule has 0 aliphatic rings. The summed E-state index contributed by atoms with van der Waals surface area (Å²) < 4.78 is 12.0. The molecule has 0 aliphatic heterocycles. The Balaban J connectivity index is 1.83. The van der Waals surface area contributed by atoms with E-state index in [0.29, 0.717) is 19.6 Å². The molecule has 0 atom stereocenters. The van der Waals surface area contributed by atoms with Crippen LogP contribution in [0.4, 0.5) is 5.82 Å². The highest BCUT2D eigenvalue weighted by Gasteiger charge is 2.18. The van der Waals surface area contributed by atoms with Gasteiger partial charge in [0.15, 0.2) is 5.82 Å². The highest BCUT2D eigenvalue weighted by atomic mass is 16.5. The zero-order chi connectivity index (χ0) is 15.9. The summed E-state index contributed by atoms with van der Waals surface area (Å²) in [7, 11) is 0. The van der Waals surface area contributed by atoms with Gasteiger partial charge in [-0.25, -0.2) is 9.48 Å². The lowest BCUT2D eigenvalue weighted by molar-refractivity contribution is 0.0520. The number of carbonyl (C=O) groups is 1. The van der Waals surface area contributed by atoms with Crippen LogP contribution in [-0.4, -0.2) is 34.2 Å². The van der Waals surface area contributed by atoms with E-state index in [4.69, 9.17) is 15.2 Å². The number of anilines is 1. The van der Waals surface area contributed by atoms with E-state index in [1.54, 1.807) is 6.92 Å². The van der Waals surface area contributed by atoms with Crippen LogP contribution in [0.1, 0.15) is 29.4 Å². The Morgan fingerprint density at radius 1 is 1.41 bits per heavy atom. The number of rotatable bonds is 7. The molecule has 2 rings (SSSR count). The molecule has 1 heterocycles. The number of carbonyl (C=O) groups excluding carboxylic acids is 1. The molecule has 0 unspecified atom stereocenters. The van der Waals surface area contributed by atoms with Gasteiger partial charge in [-0.1, -0.05) is 17.3 Å². The second-order valence-electron chi connectivity index (χ2n) is 4.79. The van der Waals surface area contributed by atoms with Crippen LogP contribution in [0.3, 0.4) is 0 Å². The quantitative estimate of drug-likeness (QED) is 0.619. The number of hydrogen-bond donors (Lipinski definition) is 1. The van der Waals surface area contributed by atoms with E-state index in [-0.39, 0.29) is 18.1 Å². The Kier molecular flexibility index (Phi) is 5.35. The third-order valence-corrected chi connectivity index (χ3v) is 3.01. The molecule has 0 spiro atoms. The normalized spacial score (nSPS) is 10.5. The van der Waals surface area contributed by atoms with Gasteiger partial charge in [-0.15, -0.1) is 5.10 Å². The van der Waals surface area contributed by atoms with E-state index < -0.39 is 5.97 Å². The number of nitrogen functional groups attached to an aromatic ring is 1. The molecule has 0 saturated heterocycles. The fraction of sp³-hybridized carbons (Fsp3) is 0.400. The van der Waals surface area contributed by atoms with Gasteiger partial charge in [0.2, 0.25) is 5.69 Å². The van der Waals surface area contributed by atoms with Crippen molar-refractivity contribution < 1.29 is 14.3 Å². The maximum absolute atomic E-state index is 11.6. The van der Waals surface area contributed by atoms with Crippen molar-refractivity contribution in [2.75, 3.05) is 18.9 Å². The Morgan fingerprint density at radius 3 is 2.95 bits per heavy atom. The lowest BCUT2D eigenvalue weighted by atomic mass is 10.2. The summed E-state index contributed by atoms with van der Waals surface area (Å²) in [6.07, 6.45) is 0.698. The summed E-state index contributed by atoms with van der Waals surface area (Å²) in [5.41, 5.74) is 7.05. The van der Waals surface area contributed by atoms with Gasteiger partial charge in [0.25, 0.3) is 0 Å². The van der Waals surface area contributed by atoms with Crippen LogP contribution in [0.25, 0.3) is 0 Å². The standard InChI is InChI=1S/C15H20N4O3/c1-3-21-15(20)13-14(16)19(18-17-13)8-5-9-22-12-7-4-6-11(2)10-12/h4,6-7,10H,3,5,8-9,16H2,1-2H3. The number of ether oxygens (including phenoxy) is 2. The van der Waals surface area contributed by atoms with E-state index in [9.17, 15) is 4.79 Å². The molecule has 0 amide bonds. The predicted octanol–water partition coefficient (Wildman–Crippen LogP) is 1.81. The Hall–Kier alpha value is -2.57. The first-order chi connectivity index (χ1) is 10.6. The molecule has 7 heteroatoms. The number of aryl methyl sites for hydroxylation is 2. The van der Waals surface area contributed by atoms with Crippen molar-refractivity contribution in [1.82, 2.24) is 15.0 Å². The molecule has 1 aromatic carbocycles. The van der Waals surface area contributed by atoms with Gasteiger partial charge in [-0.3, -0.25) is 0 Å². The van der Waals surface area contributed by atoms with Crippen LogP contribution in [-0.2, 0) is 11.3 Å². The number of benzene rings is 1. The highest BCUT2D eigenvalue weighted by Crippen LogP contribution is 2.13. The van der Waals surface area contributed by atoms with Crippen molar-refractivity contribution in [2.24, 2.45) is 0 Å².